The maximum Gasteiger partial charge on any atom is 0.256 e. The Kier molecular flexibility index (Phi) is 3.05. The number of amides is 1. The normalized spacial score (nSPS) is 10.1. The minimum absolute atomic E-state index is 0.142. The Balaban J connectivity index is 2.15. The van der Waals surface area contributed by atoms with Gasteiger partial charge in [-0.25, -0.2) is 0 Å². The topological polar surface area (TPSA) is 46.9 Å². The number of benzene rings is 1. The Bertz CT molecular complexity index is 504. The van der Waals surface area contributed by atoms with E-state index < -0.39 is 0 Å². The van der Waals surface area contributed by atoms with Crippen LogP contribution < -0.4 is 5.32 Å². The molecule has 0 fully saturated rings. The van der Waals surface area contributed by atoms with E-state index in [9.17, 15) is 4.79 Å². The molecule has 0 saturated carbocycles. The van der Waals surface area contributed by atoms with Crippen LogP contribution in [0.5, 0.6) is 0 Å². The number of hydrogen-bond donors (Lipinski definition) is 1. The fourth-order valence-electron chi connectivity index (χ4n) is 1.29. The van der Waals surface area contributed by atoms with Gasteiger partial charge >= 0.3 is 0 Å². The van der Waals surface area contributed by atoms with Gasteiger partial charge < -0.3 is 5.32 Å². The van der Waals surface area contributed by atoms with E-state index >= 15 is 0 Å². The molecule has 4 nitrogen and oxygen atoms in total. The van der Waals surface area contributed by atoms with Gasteiger partial charge in [-0.2, -0.15) is 5.10 Å². The van der Waals surface area contributed by atoms with Gasteiger partial charge in [-0.3, -0.25) is 9.48 Å². The summed E-state index contributed by atoms with van der Waals surface area (Å²) in [5.74, 6) is 0.531. The molecule has 0 aliphatic carbocycles. The van der Waals surface area contributed by atoms with Gasteiger partial charge in [-0.15, -0.1) is 0 Å². The maximum atomic E-state index is 11.8. The summed E-state index contributed by atoms with van der Waals surface area (Å²) in [5.41, 5.74) is 0.615. The van der Waals surface area contributed by atoms with E-state index in [-0.39, 0.29) is 5.91 Å². The van der Waals surface area contributed by atoms with Crippen LogP contribution in [0.2, 0.25) is 0 Å². The lowest BCUT2D eigenvalue weighted by molar-refractivity contribution is 0.102. The van der Waals surface area contributed by atoms with Crippen LogP contribution in [0.25, 0.3) is 0 Å². The number of nitrogens with one attached hydrogen (secondary N) is 1. The number of aryl methyl sites for hydroxylation is 1. The number of halogens is 1. The summed E-state index contributed by atoms with van der Waals surface area (Å²) in [6.07, 6.45) is 1.64. The molecule has 2 rings (SSSR count). The summed E-state index contributed by atoms with van der Waals surface area (Å²) in [6, 6.07) is 8.93. The first kappa shape index (κ1) is 10.9. The van der Waals surface area contributed by atoms with Gasteiger partial charge in [-0.1, -0.05) is 15.9 Å². The summed E-state index contributed by atoms with van der Waals surface area (Å²) < 4.78 is 2.56. The number of carbonyl (C=O) groups excluding carboxylic acids is 1. The van der Waals surface area contributed by atoms with Crippen LogP contribution in [0.3, 0.4) is 0 Å². The van der Waals surface area contributed by atoms with Crippen LogP contribution in [0.4, 0.5) is 5.82 Å². The number of carbonyl (C=O) groups is 1. The lowest BCUT2D eigenvalue weighted by Crippen LogP contribution is -2.14. The Morgan fingerprint density at radius 1 is 1.31 bits per heavy atom. The Morgan fingerprint density at radius 3 is 2.56 bits per heavy atom. The van der Waals surface area contributed by atoms with Crippen molar-refractivity contribution in [2.75, 3.05) is 5.32 Å². The van der Waals surface area contributed by atoms with Gasteiger partial charge in [0.2, 0.25) is 0 Å². The third-order valence-electron chi connectivity index (χ3n) is 2.17. The third-order valence-corrected chi connectivity index (χ3v) is 2.70. The average molecular weight is 280 g/mol. The summed E-state index contributed by atoms with van der Waals surface area (Å²) in [7, 11) is 1.77. The second kappa shape index (κ2) is 4.49. The number of aromatic nitrogens is 2. The molecule has 0 saturated heterocycles. The minimum atomic E-state index is -0.142. The number of rotatable bonds is 2. The summed E-state index contributed by atoms with van der Waals surface area (Å²) in [5, 5.41) is 6.74. The van der Waals surface area contributed by atoms with Gasteiger partial charge in [0.05, 0.1) is 6.20 Å². The van der Waals surface area contributed by atoms with E-state index in [1.54, 1.807) is 36.1 Å². The Hall–Kier alpha value is -1.62. The average Bonchev–Trinajstić information content (AvgIpc) is 2.65. The lowest BCUT2D eigenvalue weighted by Gasteiger charge is -2.04. The zero-order chi connectivity index (χ0) is 11.5. The fraction of sp³-hybridized carbons (Fsp3) is 0.0909. The molecule has 82 valence electrons. The van der Waals surface area contributed by atoms with Crippen molar-refractivity contribution in [1.29, 1.82) is 0 Å². The molecule has 1 amide bonds. The van der Waals surface area contributed by atoms with Crippen LogP contribution in [0.1, 0.15) is 10.4 Å². The summed E-state index contributed by atoms with van der Waals surface area (Å²) in [4.78, 5) is 11.8. The van der Waals surface area contributed by atoms with E-state index in [4.69, 9.17) is 0 Å². The largest absolute Gasteiger partial charge is 0.307 e. The molecular formula is C11H10BrN3O. The van der Waals surface area contributed by atoms with Crippen LogP contribution in [-0.4, -0.2) is 15.7 Å². The second-order valence-corrected chi connectivity index (χ2v) is 4.22. The number of anilines is 1. The molecule has 0 aliphatic heterocycles. The first-order chi connectivity index (χ1) is 7.66. The van der Waals surface area contributed by atoms with Crippen LogP contribution in [0.15, 0.2) is 41.0 Å². The standard InChI is InChI=1S/C11H10BrN3O/c1-15-10(6-7-13-15)14-11(16)8-2-4-9(12)5-3-8/h2-7H,1H3,(H,14,16). The molecule has 0 spiro atoms. The van der Waals surface area contributed by atoms with Crippen molar-refractivity contribution in [2.45, 2.75) is 0 Å². The minimum Gasteiger partial charge on any atom is -0.307 e. The lowest BCUT2D eigenvalue weighted by atomic mass is 10.2. The highest BCUT2D eigenvalue weighted by Crippen LogP contribution is 2.12. The maximum absolute atomic E-state index is 11.8. The predicted octanol–water partition coefficient (Wildman–Crippen LogP) is 2.43. The predicted molar refractivity (Wildman–Crippen MR) is 65.3 cm³/mol. The van der Waals surface area contributed by atoms with Crippen LogP contribution in [0, 0.1) is 0 Å². The van der Waals surface area contributed by atoms with Crippen molar-refractivity contribution in [1.82, 2.24) is 9.78 Å². The highest BCUT2D eigenvalue weighted by atomic mass is 79.9. The van der Waals surface area contributed by atoms with Crippen molar-refractivity contribution < 1.29 is 4.79 Å². The van der Waals surface area contributed by atoms with E-state index in [1.807, 2.05) is 12.1 Å². The Labute approximate surface area is 101 Å². The molecule has 0 unspecified atom stereocenters. The molecule has 5 heteroatoms. The van der Waals surface area contributed by atoms with Crippen molar-refractivity contribution in [2.24, 2.45) is 7.05 Å². The monoisotopic (exact) mass is 279 g/mol. The molecule has 1 heterocycles. The summed E-state index contributed by atoms with van der Waals surface area (Å²) >= 11 is 3.32. The smallest absolute Gasteiger partial charge is 0.256 e. The first-order valence-electron chi connectivity index (χ1n) is 4.72. The molecule has 0 aliphatic rings. The number of nitrogens with zero attached hydrogens (tertiary/aromatic N) is 2. The van der Waals surface area contributed by atoms with E-state index in [0.29, 0.717) is 11.4 Å². The number of hydrogen-bond acceptors (Lipinski definition) is 2. The fourth-order valence-corrected chi connectivity index (χ4v) is 1.55. The van der Waals surface area contributed by atoms with E-state index in [0.717, 1.165) is 4.47 Å². The van der Waals surface area contributed by atoms with Crippen molar-refractivity contribution in [3.05, 3.63) is 46.6 Å². The van der Waals surface area contributed by atoms with Gasteiger partial charge in [0.25, 0.3) is 5.91 Å². The molecule has 0 radical (unpaired) electrons. The third kappa shape index (κ3) is 2.30. The zero-order valence-corrected chi connectivity index (χ0v) is 10.2. The van der Waals surface area contributed by atoms with Crippen molar-refractivity contribution in [3.63, 3.8) is 0 Å². The van der Waals surface area contributed by atoms with Crippen LogP contribution >= 0.6 is 15.9 Å². The van der Waals surface area contributed by atoms with E-state index in [1.165, 1.54) is 0 Å². The highest BCUT2D eigenvalue weighted by Gasteiger charge is 2.07. The quantitative estimate of drug-likeness (QED) is 0.918. The molecular weight excluding hydrogens is 270 g/mol. The van der Waals surface area contributed by atoms with Crippen molar-refractivity contribution in [3.8, 4) is 0 Å². The van der Waals surface area contributed by atoms with E-state index in [2.05, 4.69) is 26.3 Å². The van der Waals surface area contributed by atoms with Gasteiger partial charge in [0.1, 0.15) is 5.82 Å². The van der Waals surface area contributed by atoms with Gasteiger partial charge in [-0.05, 0) is 24.3 Å². The molecule has 0 atom stereocenters. The van der Waals surface area contributed by atoms with Crippen molar-refractivity contribution >= 4 is 27.7 Å². The van der Waals surface area contributed by atoms with Gasteiger partial charge in [0, 0.05) is 23.2 Å². The molecule has 0 bridgehead atoms. The van der Waals surface area contributed by atoms with Crippen LogP contribution in [-0.2, 0) is 7.05 Å². The molecule has 16 heavy (non-hydrogen) atoms. The molecule has 1 N–H and O–H groups in total. The summed E-state index contributed by atoms with van der Waals surface area (Å²) in [6.45, 7) is 0. The highest BCUT2D eigenvalue weighted by molar-refractivity contribution is 9.10. The second-order valence-electron chi connectivity index (χ2n) is 3.30. The molecule has 1 aromatic heterocycles. The zero-order valence-electron chi connectivity index (χ0n) is 8.64. The Morgan fingerprint density at radius 2 is 2.00 bits per heavy atom. The van der Waals surface area contributed by atoms with Gasteiger partial charge in [0.15, 0.2) is 0 Å². The molecule has 2 aromatic rings. The first-order valence-corrected chi connectivity index (χ1v) is 5.51. The molecule has 1 aromatic carbocycles. The SMILES string of the molecule is Cn1nccc1NC(=O)c1ccc(Br)cc1.